The van der Waals surface area contributed by atoms with Crippen molar-refractivity contribution in [3.8, 4) is 0 Å². The maximum absolute atomic E-state index is 12.9. The highest BCUT2D eigenvalue weighted by atomic mass is 16.5. The van der Waals surface area contributed by atoms with Crippen LogP contribution in [0.2, 0.25) is 0 Å². The molecule has 3 N–H and O–H groups in total. The van der Waals surface area contributed by atoms with Crippen LogP contribution in [0.5, 0.6) is 0 Å². The number of hydrogen-bond donors (Lipinski definition) is 2. The van der Waals surface area contributed by atoms with Gasteiger partial charge in [-0.25, -0.2) is 9.67 Å². The number of aromatic nitrogens is 3. The van der Waals surface area contributed by atoms with Crippen molar-refractivity contribution in [2.75, 3.05) is 24.2 Å². The fourth-order valence-electron chi connectivity index (χ4n) is 3.85. The molecule has 2 aromatic heterocycles. The number of fused-ring (bicyclic) bond motifs is 1. The Morgan fingerprint density at radius 2 is 2.12 bits per heavy atom. The van der Waals surface area contributed by atoms with Crippen LogP contribution >= 0.6 is 0 Å². The van der Waals surface area contributed by atoms with Gasteiger partial charge in [0.05, 0.1) is 17.3 Å². The minimum absolute atomic E-state index is 0.176. The van der Waals surface area contributed by atoms with E-state index in [2.05, 4.69) is 15.4 Å². The molecule has 9 heteroatoms. The first-order valence-corrected chi connectivity index (χ1v) is 10.9. The standard InChI is InChI=1S/C23H28N6O3/c1-3-28(13-16-9-5-4-8-15(16)2)23(31)22(30)26-18-12-25-21(24)17-14-29(27-20(17)18)19-10-6-7-11-32-19/h4-5,8-9,12,14,19H,3,6-7,10-11,13H2,1-2H3,(H2,24,25)(H,26,30). The molecule has 3 heterocycles. The molecule has 1 fully saturated rings. The number of likely N-dealkylation sites (N-methyl/N-ethyl adjacent to an activating group) is 1. The topological polar surface area (TPSA) is 115 Å². The molecule has 1 aliphatic heterocycles. The van der Waals surface area contributed by atoms with Gasteiger partial charge in [-0.3, -0.25) is 9.59 Å². The van der Waals surface area contributed by atoms with Gasteiger partial charge in [-0.1, -0.05) is 24.3 Å². The largest absolute Gasteiger partial charge is 0.383 e. The van der Waals surface area contributed by atoms with Crippen LogP contribution in [0, 0.1) is 6.92 Å². The van der Waals surface area contributed by atoms with Crippen LogP contribution in [0.1, 0.15) is 43.5 Å². The van der Waals surface area contributed by atoms with Crippen molar-refractivity contribution in [1.29, 1.82) is 0 Å². The lowest BCUT2D eigenvalue weighted by atomic mass is 10.1. The number of nitrogens with two attached hydrogens (primary N) is 1. The number of benzene rings is 1. The molecule has 32 heavy (non-hydrogen) atoms. The van der Waals surface area contributed by atoms with Crippen molar-refractivity contribution in [3.05, 3.63) is 47.8 Å². The number of nitrogens with zero attached hydrogens (tertiary/aromatic N) is 4. The summed E-state index contributed by atoms with van der Waals surface area (Å²) < 4.78 is 7.51. The summed E-state index contributed by atoms with van der Waals surface area (Å²) in [5.74, 6) is -1.05. The van der Waals surface area contributed by atoms with Crippen LogP contribution in [0.25, 0.3) is 10.9 Å². The predicted octanol–water partition coefficient (Wildman–Crippen LogP) is 3.01. The number of rotatable bonds is 5. The zero-order chi connectivity index (χ0) is 22.7. The highest BCUT2D eigenvalue weighted by molar-refractivity contribution is 6.40. The molecule has 4 rings (SSSR count). The summed E-state index contributed by atoms with van der Waals surface area (Å²) in [5.41, 5.74) is 8.93. The Kier molecular flexibility index (Phi) is 6.36. The number of hydrogen-bond acceptors (Lipinski definition) is 6. The van der Waals surface area contributed by atoms with Crippen LogP contribution in [-0.2, 0) is 20.9 Å². The molecule has 3 aromatic rings. The first kappa shape index (κ1) is 21.8. The molecule has 1 atom stereocenters. The Morgan fingerprint density at radius 3 is 2.84 bits per heavy atom. The Bertz CT molecular complexity index is 1140. The minimum Gasteiger partial charge on any atom is -0.383 e. The van der Waals surface area contributed by atoms with E-state index >= 15 is 0 Å². The van der Waals surface area contributed by atoms with Crippen molar-refractivity contribution in [1.82, 2.24) is 19.7 Å². The van der Waals surface area contributed by atoms with Gasteiger partial charge < -0.3 is 20.7 Å². The summed E-state index contributed by atoms with van der Waals surface area (Å²) >= 11 is 0. The van der Waals surface area contributed by atoms with Gasteiger partial charge in [0.15, 0.2) is 0 Å². The summed E-state index contributed by atoms with van der Waals surface area (Å²) in [4.78, 5) is 31.4. The molecule has 1 aromatic carbocycles. The zero-order valence-electron chi connectivity index (χ0n) is 18.4. The quantitative estimate of drug-likeness (QED) is 0.594. The number of amides is 2. The van der Waals surface area contributed by atoms with Gasteiger partial charge in [-0.2, -0.15) is 5.10 Å². The molecule has 1 unspecified atom stereocenters. The average Bonchev–Trinajstić information content (AvgIpc) is 3.27. The lowest BCUT2D eigenvalue weighted by molar-refractivity contribution is -0.143. The first-order valence-electron chi connectivity index (χ1n) is 10.9. The summed E-state index contributed by atoms with van der Waals surface area (Å²) in [7, 11) is 0. The number of anilines is 2. The highest BCUT2D eigenvalue weighted by Gasteiger charge is 2.24. The second kappa shape index (κ2) is 9.35. The van der Waals surface area contributed by atoms with Crippen LogP contribution in [0.15, 0.2) is 36.7 Å². The average molecular weight is 437 g/mol. The normalized spacial score (nSPS) is 16.1. The van der Waals surface area contributed by atoms with Gasteiger partial charge in [0.1, 0.15) is 17.6 Å². The third kappa shape index (κ3) is 4.43. The van der Waals surface area contributed by atoms with E-state index in [0.29, 0.717) is 42.1 Å². The van der Waals surface area contributed by atoms with E-state index in [1.807, 2.05) is 38.1 Å². The maximum Gasteiger partial charge on any atom is 0.314 e. The Labute approximate surface area is 186 Å². The van der Waals surface area contributed by atoms with Gasteiger partial charge in [-0.15, -0.1) is 0 Å². The number of nitrogens with one attached hydrogen (secondary N) is 1. The molecule has 0 aliphatic carbocycles. The SMILES string of the molecule is CCN(Cc1ccccc1C)C(=O)C(=O)Nc1cnc(N)c2cn(C3CCCCO3)nc12. The maximum atomic E-state index is 12.9. The third-order valence-corrected chi connectivity index (χ3v) is 5.78. The van der Waals surface area contributed by atoms with Crippen LogP contribution in [0.4, 0.5) is 11.5 Å². The summed E-state index contributed by atoms with van der Waals surface area (Å²) in [5, 5.41) is 7.87. The van der Waals surface area contributed by atoms with E-state index in [9.17, 15) is 9.59 Å². The van der Waals surface area contributed by atoms with Crippen molar-refractivity contribution >= 4 is 34.2 Å². The van der Waals surface area contributed by atoms with Crippen molar-refractivity contribution in [2.45, 2.75) is 45.9 Å². The molecular weight excluding hydrogens is 408 g/mol. The lowest BCUT2D eigenvalue weighted by Crippen LogP contribution is -2.39. The second-order valence-corrected chi connectivity index (χ2v) is 7.95. The fraction of sp³-hybridized carbons (Fsp3) is 0.391. The molecule has 1 saturated heterocycles. The lowest BCUT2D eigenvalue weighted by Gasteiger charge is -2.22. The molecule has 9 nitrogen and oxygen atoms in total. The summed E-state index contributed by atoms with van der Waals surface area (Å²) in [6.45, 7) is 5.28. The van der Waals surface area contributed by atoms with Crippen LogP contribution < -0.4 is 11.1 Å². The number of carbonyl (C=O) groups excluding carboxylic acids is 2. The molecule has 168 valence electrons. The van der Waals surface area contributed by atoms with Gasteiger partial charge in [-0.05, 0) is 44.2 Å². The number of pyridine rings is 1. The number of carbonyl (C=O) groups is 2. The monoisotopic (exact) mass is 436 g/mol. The molecular formula is C23H28N6O3. The number of ether oxygens (including phenoxy) is 1. The van der Waals surface area contributed by atoms with Crippen LogP contribution in [-0.4, -0.2) is 44.6 Å². The van der Waals surface area contributed by atoms with Gasteiger partial charge in [0, 0.05) is 25.9 Å². The van der Waals surface area contributed by atoms with E-state index in [1.54, 1.807) is 10.9 Å². The van der Waals surface area contributed by atoms with Crippen molar-refractivity contribution in [2.24, 2.45) is 0 Å². The molecule has 0 saturated carbocycles. The zero-order valence-corrected chi connectivity index (χ0v) is 18.4. The van der Waals surface area contributed by atoms with Gasteiger partial charge >= 0.3 is 11.8 Å². The molecule has 1 aliphatic rings. The third-order valence-electron chi connectivity index (χ3n) is 5.78. The predicted molar refractivity (Wildman–Crippen MR) is 122 cm³/mol. The van der Waals surface area contributed by atoms with E-state index < -0.39 is 11.8 Å². The van der Waals surface area contributed by atoms with Crippen LogP contribution in [0.3, 0.4) is 0 Å². The van der Waals surface area contributed by atoms with Crippen molar-refractivity contribution in [3.63, 3.8) is 0 Å². The Balaban J connectivity index is 1.54. The number of nitrogen functional groups attached to an aromatic ring is 1. The fourth-order valence-corrected chi connectivity index (χ4v) is 3.85. The van der Waals surface area contributed by atoms with Gasteiger partial charge in [0.25, 0.3) is 0 Å². The number of aryl methyl sites for hydroxylation is 1. The van der Waals surface area contributed by atoms with E-state index in [0.717, 1.165) is 30.4 Å². The molecule has 0 radical (unpaired) electrons. The summed E-state index contributed by atoms with van der Waals surface area (Å²) in [6, 6.07) is 7.80. The minimum atomic E-state index is -0.739. The first-order chi connectivity index (χ1) is 15.5. The van der Waals surface area contributed by atoms with E-state index in [4.69, 9.17) is 10.5 Å². The van der Waals surface area contributed by atoms with E-state index in [1.165, 1.54) is 11.1 Å². The van der Waals surface area contributed by atoms with Gasteiger partial charge in [0.2, 0.25) is 0 Å². The summed E-state index contributed by atoms with van der Waals surface area (Å²) in [6.07, 6.45) is 5.97. The van der Waals surface area contributed by atoms with Crippen molar-refractivity contribution < 1.29 is 14.3 Å². The molecule has 0 spiro atoms. The van der Waals surface area contributed by atoms with E-state index in [-0.39, 0.29) is 6.23 Å². The smallest absolute Gasteiger partial charge is 0.314 e. The molecule has 0 bridgehead atoms. The Hall–Kier alpha value is -3.46. The highest BCUT2D eigenvalue weighted by Crippen LogP contribution is 2.29. The Morgan fingerprint density at radius 1 is 1.31 bits per heavy atom. The second-order valence-electron chi connectivity index (χ2n) is 7.95. The molecule has 2 amide bonds.